The molecule has 9 heterocycles. The minimum Gasteiger partial charge on any atom is -0.338 e. The molecule has 0 N–H and O–H groups in total. The molecule has 3 fully saturated rings. The van der Waals surface area contributed by atoms with E-state index in [1.807, 2.05) is 33.4 Å². The van der Waals surface area contributed by atoms with E-state index in [1.54, 1.807) is 58.9 Å². The highest BCUT2D eigenvalue weighted by Crippen LogP contribution is 2.31. The summed E-state index contributed by atoms with van der Waals surface area (Å²) in [6.45, 7) is 0.772. The lowest BCUT2D eigenvalue weighted by molar-refractivity contribution is -0.0503. The standard InChI is InChI=1S/C39H34F4N10O3/c40-38(41)7-13-48(14-8-38)35(54)27-19-25-5-11-50(33(25)46-21-27)29-1-3-31(44-23-29)52-17-18-53(37(52)56)32-4-2-30(24-45-32)51-12-6-26-20-28(22-47-34(26)51)36(55)49-15-9-39(42,43)10-16-49/h1-6,11-12,19-24H,7-10,13-18H2. The highest BCUT2D eigenvalue weighted by molar-refractivity contribution is 6.05. The van der Waals surface area contributed by atoms with E-state index in [4.69, 9.17) is 0 Å². The first-order chi connectivity index (χ1) is 26.9. The Hall–Kier alpha value is -6.39. The van der Waals surface area contributed by atoms with E-state index in [2.05, 4.69) is 19.9 Å². The Bertz CT molecular complexity index is 2310. The van der Waals surface area contributed by atoms with Crippen LogP contribution in [0.2, 0.25) is 0 Å². The normalized spacial score (nSPS) is 18.3. The maximum Gasteiger partial charge on any atom is 0.331 e. The van der Waals surface area contributed by atoms with Gasteiger partial charge in [-0.25, -0.2) is 42.3 Å². The maximum atomic E-state index is 13.6. The van der Waals surface area contributed by atoms with Gasteiger partial charge in [0.15, 0.2) is 0 Å². The first kappa shape index (κ1) is 35.3. The number of halogens is 4. The van der Waals surface area contributed by atoms with Gasteiger partial charge in [-0.05, 0) is 48.5 Å². The molecule has 13 nitrogen and oxygen atoms in total. The third-order valence-corrected chi connectivity index (χ3v) is 10.7. The Balaban J connectivity index is 0.853. The number of carbonyl (C=O) groups is 3. The lowest BCUT2D eigenvalue weighted by atomic mass is 10.1. The average molecular weight is 767 g/mol. The van der Waals surface area contributed by atoms with E-state index in [0.29, 0.717) is 69.3 Å². The predicted molar refractivity (Wildman–Crippen MR) is 198 cm³/mol. The number of amides is 4. The molecule has 0 radical (unpaired) electrons. The van der Waals surface area contributed by atoms with Crippen LogP contribution in [0.5, 0.6) is 0 Å². The summed E-state index contributed by atoms with van der Waals surface area (Å²) in [5.41, 5.74) is 3.24. The zero-order valence-electron chi connectivity index (χ0n) is 29.9. The number of piperidine rings is 2. The molecular weight excluding hydrogens is 732 g/mol. The van der Waals surface area contributed by atoms with Crippen molar-refractivity contribution in [2.75, 3.05) is 49.1 Å². The van der Waals surface area contributed by atoms with Crippen LogP contribution in [-0.2, 0) is 0 Å². The Labute approximate surface area is 316 Å². The zero-order valence-corrected chi connectivity index (χ0v) is 29.9. The first-order valence-electron chi connectivity index (χ1n) is 18.2. The second-order valence-corrected chi connectivity index (χ2v) is 14.3. The zero-order chi connectivity index (χ0) is 38.8. The Kier molecular flexibility index (Phi) is 8.46. The van der Waals surface area contributed by atoms with Crippen LogP contribution in [-0.4, -0.2) is 108 Å². The molecule has 3 aliphatic rings. The Morgan fingerprint density at radius 3 is 1.32 bits per heavy atom. The smallest absolute Gasteiger partial charge is 0.331 e. The summed E-state index contributed by atoms with van der Waals surface area (Å²) in [5.74, 6) is -5.21. The van der Waals surface area contributed by atoms with Gasteiger partial charge in [0.2, 0.25) is 0 Å². The summed E-state index contributed by atoms with van der Waals surface area (Å²) in [7, 11) is 0. The van der Waals surface area contributed by atoms with Crippen LogP contribution in [0.15, 0.2) is 85.7 Å². The molecule has 6 aromatic rings. The number of likely N-dealkylation sites (tertiary alicyclic amines) is 2. The van der Waals surface area contributed by atoms with Gasteiger partial charge < -0.3 is 9.80 Å². The molecule has 17 heteroatoms. The van der Waals surface area contributed by atoms with Crippen molar-refractivity contribution in [2.24, 2.45) is 0 Å². The second-order valence-electron chi connectivity index (χ2n) is 14.3. The summed E-state index contributed by atoms with van der Waals surface area (Å²) in [6, 6.07) is 13.9. The van der Waals surface area contributed by atoms with Gasteiger partial charge in [-0.3, -0.25) is 28.5 Å². The lowest BCUT2D eigenvalue weighted by Gasteiger charge is -2.31. The van der Waals surface area contributed by atoms with Crippen LogP contribution in [0.3, 0.4) is 0 Å². The SMILES string of the molecule is O=C(c1cnc2c(ccn2-c2ccc(N3CCN(c4ccc(-n5ccc6cc(C(=O)N7CCC(F)(F)CC7)cnc65)cn4)C3=O)nc2)c1)N1CCC(F)(F)CC1. The summed E-state index contributed by atoms with van der Waals surface area (Å²) in [5, 5.41) is 1.42. The number of carbonyl (C=O) groups excluding carboxylic acids is 3. The third-order valence-electron chi connectivity index (χ3n) is 10.7. The summed E-state index contributed by atoms with van der Waals surface area (Å²) in [4.78, 5) is 63.7. The number of hydrogen-bond acceptors (Lipinski definition) is 7. The quantitative estimate of drug-likeness (QED) is 0.181. The molecule has 286 valence electrons. The number of fused-ring (bicyclic) bond motifs is 2. The van der Waals surface area contributed by atoms with Crippen molar-refractivity contribution in [3.8, 4) is 11.4 Å². The van der Waals surface area contributed by atoms with Gasteiger partial charge in [0.1, 0.15) is 22.9 Å². The van der Waals surface area contributed by atoms with Crippen molar-refractivity contribution in [3.63, 3.8) is 0 Å². The number of hydrogen-bond donors (Lipinski definition) is 0. The molecule has 0 aromatic carbocycles. The minimum atomic E-state index is -2.74. The number of urea groups is 1. The summed E-state index contributed by atoms with van der Waals surface area (Å²) >= 11 is 0. The fourth-order valence-electron chi connectivity index (χ4n) is 7.46. The number of anilines is 2. The largest absolute Gasteiger partial charge is 0.338 e. The van der Waals surface area contributed by atoms with Crippen LogP contribution in [0.25, 0.3) is 33.4 Å². The molecule has 0 unspecified atom stereocenters. The van der Waals surface area contributed by atoms with Gasteiger partial charge in [0, 0.05) is 101 Å². The van der Waals surface area contributed by atoms with Crippen molar-refractivity contribution < 1.29 is 31.9 Å². The second kappa shape index (κ2) is 13.4. The third kappa shape index (κ3) is 6.45. The van der Waals surface area contributed by atoms with Crippen LogP contribution >= 0.6 is 0 Å². The molecule has 0 atom stereocenters. The number of pyridine rings is 4. The van der Waals surface area contributed by atoms with Crippen molar-refractivity contribution in [1.29, 1.82) is 0 Å². The van der Waals surface area contributed by atoms with Crippen molar-refractivity contribution in [2.45, 2.75) is 37.5 Å². The molecule has 3 saturated heterocycles. The van der Waals surface area contributed by atoms with Crippen molar-refractivity contribution >= 4 is 51.5 Å². The number of aromatic nitrogens is 6. The highest BCUT2D eigenvalue weighted by atomic mass is 19.3. The number of alkyl halides is 4. The van der Waals surface area contributed by atoms with Gasteiger partial charge in [0.05, 0.1) is 34.9 Å². The van der Waals surface area contributed by atoms with Crippen LogP contribution in [0, 0.1) is 0 Å². The van der Waals surface area contributed by atoms with E-state index >= 15 is 0 Å². The molecule has 4 amide bonds. The average Bonchev–Trinajstić information content (AvgIpc) is 3.94. The maximum absolute atomic E-state index is 13.6. The minimum absolute atomic E-state index is 0.00198. The van der Waals surface area contributed by atoms with E-state index in [0.717, 1.165) is 0 Å². The molecule has 9 rings (SSSR count). The number of nitrogens with zero attached hydrogens (tertiary/aromatic N) is 10. The molecule has 0 saturated carbocycles. The van der Waals surface area contributed by atoms with Gasteiger partial charge in [-0.1, -0.05) is 0 Å². The first-order valence-corrected chi connectivity index (χ1v) is 18.2. The Morgan fingerprint density at radius 1 is 0.536 bits per heavy atom. The van der Waals surface area contributed by atoms with Gasteiger partial charge in [-0.2, -0.15) is 0 Å². The van der Waals surface area contributed by atoms with Gasteiger partial charge in [-0.15, -0.1) is 0 Å². The van der Waals surface area contributed by atoms with E-state index in [9.17, 15) is 31.9 Å². The van der Waals surface area contributed by atoms with Crippen molar-refractivity contribution in [3.05, 3.63) is 96.8 Å². The van der Waals surface area contributed by atoms with Crippen LogP contribution in [0.4, 0.5) is 34.0 Å². The molecule has 0 bridgehead atoms. The fraction of sp³-hybridized carbons (Fsp3) is 0.308. The molecule has 0 aliphatic carbocycles. The molecule has 6 aromatic heterocycles. The predicted octanol–water partition coefficient (Wildman–Crippen LogP) is 6.34. The molecule has 0 spiro atoms. The Morgan fingerprint density at radius 2 is 0.946 bits per heavy atom. The van der Waals surface area contributed by atoms with E-state index in [1.165, 1.54) is 22.2 Å². The van der Waals surface area contributed by atoms with Crippen LogP contribution in [0.1, 0.15) is 46.4 Å². The van der Waals surface area contributed by atoms with E-state index in [-0.39, 0.29) is 69.7 Å². The lowest BCUT2D eigenvalue weighted by Crippen LogP contribution is -2.42. The highest BCUT2D eigenvalue weighted by Gasteiger charge is 2.37. The number of rotatable bonds is 6. The molecule has 3 aliphatic heterocycles. The summed E-state index contributed by atoms with van der Waals surface area (Å²) in [6.07, 6.45) is 8.38. The van der Waals surface area contributed by atoms with Crippen molar-refractivity contribution in [1.82, 2.24) is 38.9 Å². The summed E-state index contributed by atoms with van der Waals surface area (Å²) < 4.78 is 58.0. The molecule has 56 heavy (non-hydrogen) atoms. The fourth-order valence-corrected chi connectivity index (χ4v) is 7.46. The molecular formula is C39H34F4N10O3. The topological polar surface area (TPSA) is 126 Å². The van der Waals surface area contributed by atoms with E-state index < -0.39 is 11.8 Å². The van der Waals surface area contributed by atoms with Gasteiger partial charge in [0.25, 0.3) is 23.7 Å². The van der Waals surface area contributed by atoms with Gasteiger partial charge >= 0.3 is 6.03 Å². The monoisotopic (exact) mass is 766 g/mol. The van der Waals surface area contributed by atoms with Crippen LogP contribution < -0.4 is 9.80 Å².